The fraction of sp³-hybridized carbons (Fsp3) is 0.174. The molecule has 4 rings (SSSR count). The summed E-state index contributed by atoms with van der Waals surface area (Å²) in [6, 6.07) is 18.6. The molecule has 0 aromatic heterocycles. The number of aryl methyl sites for hydroxylation is 2. The number of anilines is 2. The number of aldehydes is 1. The summed E-state index contributed by atoms with van der Waals surface area (Å²) >= 11 is 0. The summed E-state index contributed by atoms with van der Waals surface area (Å²) in [5.41, 5.74) is 4.31. The van der Waals surface area contributed by atoms with E-state index in [1.807, 2.05) is 36.4 Å². The lowest BCUT2D eigenvalue weighted by atomic mass is 10.0. The number of aromatic hydroxyl groups is 1. The van der Waals surface area contributed by atoms with Gasteiger partial charge in [-0.15, -0.1) is 0 Å². The van der Waals surface area contributed by atoms with E-state index in [4.69, 9.17) is 9.47 Å². The summed E-state index contributed by atoms with van der Waals surface area (Å²) in [4.78, 5) is 11.4. The lowest BCUT2D eigenvalue weighted by Crippen LogP contribution is -2.15. The summed E-state index contributed by atoms with van der Waals surface area (Å²) in [5, 5.41) is 12.9. The second kappa shape index (κ2) is 8.05. The van der Waals surface area contributed by atoms with Gasteiger partial charge in [0.1, 0.15) is 19.0 Å². The molecule has 142 valence electrons. The molecular formula is C23H21NO4. The van der Waals surface area contributed by atoms with Gasteiger partial charge < -0.3 is 19.9 Å². The third kappa shape index (κ3) is 4.09. The van der Waals surface area contributed by atoms with E-state index in [-0.39, 0.29) is 5.75 Å². The zero-order valence-corrected chi connectivity index (χ0v) is 15.4. The van der Waals surface area contributed by atoms with Crippen LogP contribution in [0.25, 0.3) is 0 Å². The third-order valence-corrected chi connectivity index (χ3v) is 4.68. The molecule has 1 aliphatic rings. The van der Waals surface area contributed by atoms with E-state index in [1.54, 1.807) is 18.2 Å². The molecule has 0 fully saturated rings. The Morgan fingerprint density at radius 2 is 1.64 bits per heavy atom. The fourth-order valence-corrected chi connectivity index (χ4v) is 3.24. The normalized spacial score (nSPS) is 12.4. The Hall–Kier alpha value is -3.47. The van der Waals surface area contributed by atoms with Crippen molar-refractivity contribution in [1.29, 1.82) is 0 Å². The molecule has 5 nitrogen and oxygen atoms in total. The molecule has 0 unspecified atom stereocenters. The fourth-order valence-electron chi connectivity index (χ4n) is 3.24. The monoisotopic (exact) mass is 375 g/mol. The SMILES string of the molecule is O=Cc1ccc(CCc2ccc3c(c2)OCCO3)cc1Nc1cccc(O)c1. The second-order valence-electron chi connectivity index (χ2n) is 6.69. The summed E-state index contributed by atoms with van der Waals surface area (Å²) in [5.74, 6) is 1.77. The van der Waals surface area contributed by atoms with Crippen molar-refractivity contribution in [3.63, 3.8) is 0 Å². The second-order valence-corrected chi connectivity index (χ2v) is 6.69. The van der Waals surface area contributed by atoms with Crippen LogP contribution in [0.5, 0.6) is 17.2 Å². The van der Waals surface area contributed by atoms with Gasteiger partial charge in [-0.1, -0.05) is 18.2 Å². The molecule has 0 atom stereocenters. The predicted molar refractivity (Wildman–Crippen MR) is 108 cm³/mol. The van der Waals surface area contributed by atoms with Gasteiger partial charge in [-0.3, -0.25) is 4.79 Å². The molecule has 28 heavy (non-hydrogen) atoms. The number of hydrogen-bond donors (Lipinski definition) is 2. The Labute approximate surface area is 163 Å². The van der Waals surface area contributed by atoms with Crippen LogP contribution < -0.4 is 14.8 Å². The standard InChI is InChI=1S/C23H21NO4/c25-15-18-8-6-16(12-21(18)24-19-2-1-3-20(26)14-19)4-5-17-7-9-22-23(13-17)28-11-10-27-22/h1-3,6-9,12-15,24,26H,4-5,10-11H2. The van der Waals surface area contributed by atoms with Crippen molar-refractivity contribution in [3.8, 4) is 17.2 Å². The molecule has 1 heterocycles. The number of nitrogens with one attached hydrogen (secondary N) is 1. The lowest BCUT2D eigenvalue weighted by Gasteiger charge is -2.19. The number of carbonyl (C=O) groups excluding carboxylic acids is 1. The summed E-state index contributed by atoms with van der Waals surface area (Å²) in [7, 11) is 0. The van der Waals surface area contributed by atoms with Gasteiger partial charge in [0.25, 0.3) is 0 Å². The molecule has 2 N–H and O–H groups in total. The largest absolute Gasteiger partial charge is 0.508 e. The molecule has 0 saturated heterocycles. The van der Waals surface area contributed by atoms with E-state index >= 15 is 0 Å². The molecule has 0 bridgehead atoms. The maximum absolute atomic E-state index is 11.4. The molecule has 0 radical (unpaired) electrons. The summed E-state index contributed by atoms with van der Waals surface area (Å²) in [6.45, 7) is 1.16. The molecule has 0 aliphatic carbocycles. The third-order valence-electron chi connectivity index (χ3n) is 4.68. The van der Waals surface area contributed by atoms with Crippen LogP contribution in [-0.4, -0.2) is 24.6 Å². The number of phenols is 1. The Morgan fingerprint density at radius 1 is 0.893 bits per heavy atom. The predicted octanol–water partition coefficient (Wildman–Crippen LogP) is 4.50. The van der Waals surface area contributed by atoms with E-state index in [0.29, 0.717) is 18.8 Å². The number of hydrogen-bond acceptors (Lipinski definition) is 5. The Bertz CT molecular complexity index is 1000. The molecule has 0 spiro atoms. The molecule has 3 aromatic rings. The first-order valence-corrected chi connectivity index (χ1v) is 9.24. The zero-order valence-electron chi connectivity index (χ0n) is 15.4. The highest BCUT2D eigenvalue weighted by Crippen LogP contribution is 2.31. The van der Waals surface area contributed by atoms with Crippen LogP contribution in [0.15, 0.2) is 60.7 Å². The molecule has 0 amide bonds. The average molecular weight is 375 g/mol. The van der Waals surface area contributed by atoms with Gasteiger partial charge in [0.15, 0.2) is 17.8 Å². The van der Waals surface area contributed by atoms with Crippen molar-refractivity contribution in [2.75, 3.05) is 18.5 Å². The van der Waals surface area contributed by atoms with Crippen molar-refractivity contribution >= 4 is 17.7 Å². The van der Waals surface area contributed by atoms with E-state index in [0.717, 1.165) is 47.6 Å². The number of phenolic OH excluding ortho intramolecular Hbond substituents is 1. The highest BCUT2D eigenvalue weighted by molar-refractivity contribution is 5.86. The van der Waals surface area contributed by atoms with E-state index < -0.39 is 0 Å². The van der Waals surface area contributed by atoms with Crippen molar-refractivity contribution in [1.82, 2.24) is 0 Å². The first-order valence-electron chi connectivity index (χ1n) is 9.24. The van der Waals surface area contributed by atoms with Crippen LogP contribution in [0.2, 0.25) is 0 Å². The van der Waals surface area contributed by atoms with Crippen LogP contribution in [0.3, 0.4) is 0 Å². The lowest BCUT2D eigenvalue weighted by molar-refractivity contribution is 0.112. The maximum Gasteiger partial charge on any atom is 0.161 e. The number of carbonyl (C=O) groups is 1. The van der Waals surface area contributed by atoms with Crippen molar-refractivity contribution < 1.29 is 19.4 Å². The van der Waals surface area contributed by atoms with Gasteiger partial charge in [0.2, 0.25) is 0 Å². The van der Waals surface area contributed by atoms with E-state index in [9.17, 15) is 9.90 Å². The van der Waals surface area contributed by atoms with Crippen LogP contribution in [-0.2, 0) is 12.8 Å². The van der Waals surface area contributed by atoms with Gasteiger partial charge in [-0.25, -0.2) is 0 Å². The minimum absolute atomic E-state index is 0.174. The first kappa shape index (κ1) is 17.9. The average Bonchev–Trinajstić information content (AvgIpc) is 2.72. The molecule has 1 aliphatic heterocycles. The van der Waals surface area contributed by atoms with Crippen LogP contribution in [0.4, 0.5) is 11.4 Å². The summed E-state index contributed by atoms with van der Waals surface area (Å²) < 4.78 is 11.2. The first-order chi connectivity index (χ1) is 13.7. The van der Waals surface area contributed by atoms with E-state index in [2.05, 4.69) is 11.4 Å². The van der Waals surface area contributed by atoms with Gasteiger partial charge in [-0.05, 0) is 60.4 Å². The Morgan fingerprint density at radius 3 is 2.43 bits per heavy atom. The van der Waals surface area contributed by atoms with Gasteiger partial charge >= 0.3 is 0 Å². The van der Waals surface area contributed by atoms with Crippen LogP contribution in [0, 0.1) is 0 Å². The smallest absolute Gasteiger partial charge is 0.161 e. The number of ether oxygens (including phenoxy) is 2. The van der Waals surface area contributed by atoms with Gasteiger partial charge in [0, 0.05) is 23.0 Å². The molecular weight excluding hydrogens is 354 g/mol. The van der Waals surface area contributed by atoms with Crippen molar-refractivity contribution in [2.24, 2.45) is 0 Å². The minimum Gasteiger partial charge on any atom is -0.508 e. The Balaban J connectivity index is 1.50. The molecule has 5 heteroatoms. The topological polar surface area (TPSA) is 67.8 Å². The highest BCUT2D eigenvalue weighted by Gasteiger charge is 2.12. The van der Waals surface area contributed by atoms with E-state index in [1.165, 1.54) is 5.56 Å². The van der Waals surface area contributed by atoms with Crippen LogP contribution >= 0.6 is 0 Å². The quantitative estimate of drug-likeness (QED) is 0.621. The molecule has 0 saturated carbocycles. The minimum atomic E-state index is 0.174. The number of fused-ring (bicyclic) bond motifs is 1. The van der Waals surface area contributed by atoms with Crippen molar-refractivity contribution in [3.05, 3.63) is 77.4 Å². The zero-order chi connectivity index (χ0) is 19.3. The van der Waals surface area contributed by atoms with Gasteiger partial charge in [-0.2, -0.15) is 0 Å². The van der Waals surface area contributed by atoms with Crippen LogP contribution in [0.1, 0.15) is 21.5 Å². The summed E-state index contributed by atoms with van der Waals surface area (Å²) in [6.07, 6.45) is 2.51. The van der Waals surface area contributed by atoms with Crippen molar-refractivity contribution in [2.45, 2.75) is 12.8 Å². The highest BCUT2D eigenvalue weighted by atomic mass is 16.6. The number of rotatable bonds is 6. The maximum atomic E-state index is 11.4. The Kier molecular flexibility index (Phi) is 5.15. The molecule has 3 aromatic carbocycles. The van der Waals surface area contributed by atoms with Gasteiger partial charge in [0.05, 0.1) is 0 Å². The number of benzene rings is 3.